The summed E-state index contributed by atoms with van der Waals surface area (Å²) in [5.41, 5.74) is 0.475. The Morgan fingerprint density at radius 2 is 1.91 bits per heavy atom. The van der Waals surface area contributed by atoms with Crippen molar-refractivity contribution < 1.29 is 23.7 Å². The number of thiophene rings is 1. The molecule has 0 saturated carbocycles. The summed E-state index contributed by atoms with van der Waals surface area (Å²) < 4.78 is 21.4. The van der Waals surface area contributed by atoms with E-state index in [1.807, 2.05) is 6.07 Å². The Bertz CT molecular complexity index is 673. The molecule has 3 rings (SSSR count). The summed E-state index contributed by atoms with van der Waals surface area (Å²) in [6, 6.07) is 8.81. The molecule has 1 aromatic carbocycles. The monoisotopic (exact) mass is 320 g/mol. The zero-order chi connectivity index (χ0) is 15.5. The van der Waals surface area contributed by atoms with Crippen molar-refractivity contribution in [3.63, 3.8) is 0 Å². The van der Waals surface area contributed by atoms with Gasteiger partial charge in [-0.25, -0.2) is 0 Å². The summed E-state index contributed by atoms with van der Waals surface area (Å²) in [4.78, 5) is 14.2. The summed E-state index contributed by atoms with van der Waals surface area (Å²) in [6.45, 7) is 1.16. The number of carbonyl (C=O) groups excluding carboxylic acids is 1. The predicted molar refractivity (Wildman–Crippen MR) is 81.9 cm³/mol. The van der Waals surface area contributed by atoms with Gasteiger partial charge in [0.25, 0.3) is 0 Å². The highest BCUT2D eigenvalue weighted by Crippen LogP contribution is 2.33. The van der Waals surface area contributed by atoms with E-state index >= 15 is 0 Å². The molecule has 22 heavy (non-hydrogen) atoms. The lowest BCUT2D eigenvalue weighted by molar-refractivity contribution is -0.0413. The Labute approximate surface area is 132 Å². The normalized spacial score (nSPS) is 15.0. The molecule has 116 valence electrons. The van der Waals surface area contributed by atoms with Crippen LogP contribution >= 0.6 is 11.3 Å². The molecule has 0 radical (unpaired) electrons. The van der Waals surface area contributed by atoms with Gasteiger partial charge in [0.1, 0.15) is 11.5 Å². The molecule has 0 bridgehead atoms. The second-order valence-corrected chi connectivity index (χ2v) is 5.79. The number of ether oxygens (including phenoxy) is 4. The molecule has 0 aliphatic carbocycles. The van der Waals surface area contributed by atoms with Gasteiger partial charge in [-0.3, -0.25) is 4.79 Å². The number of methoxy groups -OCH3 is 2. The summed E-state index contributed by atoms with van der Waals surface area (Å²) >= 11 is 1.37. The van der Waals surface area contributed by atoms with E-state index in [2.05, 4.69) is 0 Å². The zero-order valence-electron chi connectivity index (χ0n) is 12.3. The average Bonchev–Trinajstić information content (AvgIpc) is 3.24. The van der Waals surface area contributed by atoms with Crippen molar-refractivity contribution in [3.05, 3.63) is 45.6 Å². The highest BCUT2D eigenvalue weighted by molar-refractivity contribution is 7.14. The number of benzene rings is 1. The zero-order valence-corrected chi connectivity index (χ0v) is 13.1. The van der Waals surface area contributed by atoms with Crippen LogP contribution in [0.25, 0.3) is 0 Å². The summed E-state index contributed by atoms with van der Waals surface area (Å²) in [7, 11) is 3.10. The molecule has 2 heterocycles. The Hall–Kier alpha value is -1.89. The van der Waals surface area contributed by atoms with Crippen molar-refractivity contribution in [2.45, 2.75) is 6.29 Å². The van der Waals surface area contributed by atoms with E-state index in [4.69, 9.17) is 18.9 Å². The highest BCUT2D eigenvalue weighted by Gasteiger charge is 2.23. The predicted octanol–water partition coefficient (Wildman–Crippen LogP) is 3.04. The molecule has 2 aromatic rings. The second-order valence-electron chi connectivity index (χ2n) is 4.67. The first-order chi connectivity index (χ1) is 10.7. The Balaban J connectivity index is 1.90. The lowest BCUT2D eigenvalue weighted by Crippen LogP contribution is -2.02. The van der Waals surface area contributed by atoms with Gasteiger partial charge in [-0.2, -0.15) is 0 Å². The molecule has 0 atom stereocenters. The minimum Gasteiger partial charge on any atom is -0.497 e. The smallest absolute Gasteiger partial charge is 0.206 e. The van der Waals surface area contributed by atoms with E-state index < -0.39 is 0 Å². The van der Waals surface area contributed by atoms with Crippen molar-refractivity contribution >= 4 is 17.1 Å². The third-order valence-corrected chi connectivity index (χ3v) is 4.46. The first-order valence-corrected chi connectivity index (χ1v) is 7.64. The van der Waals surface area contributed by atoms with Crippen LogP contribution < -0.4 is 9.47 Å². The Morgan fingerprint density at radius 1 is 1.14 bits per heavy atom. The fraction of sp³-hybridized carbons (Fsp3) is 0.312. The third-order valence-electron chi connectivity index (χ3n) is 3.36. The van der Waals surface area contributed by atoms with Gasteiger partial charge in [-0.1, -0.05) is 0 Å². The van der Waals surface area contributed by atoms with Gasteiger partial charge in [-0.15, -0.1) is 11.3 Å². The summed E-state index contributed by atoms with van der Waals surface area (Å²) in [5, 5.41) is 0. The molecule has 5 nitrogen and oxygen atoms in total. The van der Waals surface area contributed by atoms with Crippen molar-refractivity contribution in [2.75, 3.05) is 27.4 Å². The van der Waals surface area contributed by atoms with Crippen LogP contribution in [0.15, 0.2) is 30.3 Å². The van der Waals surface area contributed by atoms with E-state index in [-0.39, 0.29) is 12.1 Å². The quantitative estimate of drug-likeness (QED) is 0.793. The lowest BCUT2D eigenvalue weighted by atomic mass is 10.1. The van der Waals surface area contributed by atoms with Gasteiger partial charge in [0.2, 0.25) is 5.78 Å². The molecule has 1 saturated heterocycles. The minimum absolute atomic E-state index is 0.106. The fourth-order valence-electron chi connectivity index (χ4n) is 2.25. The number of ketones is 1. The first kappa shape index (κ1) is 15.0. The van der Waals surface area contributed by atoms with E-state index in [9.17, 15) is 4.79 Å². The van der Waals surface area contributed by atoms with E-state index in [1.165, 1.54) is 11.3 Å². The Morgan fingerprint density at radius 3 is 2.59 bits per heavy atom. The van der Waals surface area contributed by atoms with Gasteiger partial charge >= 0.3 is 0 Å². The van der Waals surface area contributed by atoms with Gasteiger partial charge in [-0.05, 0) is 30.3 Å². The maximum absolute atomic E-state index is 12.7. The van der Waals surface area contributed by atoms with Crippen LogP contribution in [0.4, 0.5) is 0 Å². The van der Waals surface area contributed by atoms with E-state index in [1.54, 1.807) is 38.5 Å². The SMILES string of the molecule is COc1ccc(OC)c(C(=O)c2ccc(C3OCCO3)s2)c1. The summed E-state index contributed by atoms with van der Waals surface area (Å²) in [5.74, 6) is 1.03. The number of rotatable bonds is 5. The molecule has 6 heteroatoms. The molecule has 0 N–H and O–H groups in total. The number of hydrogen-bond acceptors (Lipinski definition) is 6. The molecule has 1 fully saturated rings. The van der Waals surface area contributed by atoms with Crippen LogP contribution in [0.2, 0.25) is 0 Å². The molecular weight excluding hydrogens is 304 g/mol. The lowest BCUT2D eigenvalue weighted by Gasteiger charge is -2.09. The maximum atomic E-state index is 12.7. The molecule has 1 aliphatic rings. The average molecular weight is 320 g/mol. The highest BCUT2D eigenvalue weighted by atomic mass is 32.1. The number of hydrogen-bond donors (Lipinski definition) is 0. The molecule has 0 unspecified atom stereocenters. The molecule has 0 amide bonds. The van der Waals surface area contributed by atoms with Gasteiger partial charge in [0.15, 0.2) is 6.29 Å². The van der Waals surface area contributed by atoms with E-state index in [0.717, 1.165) is 4.88 Å². The fourth-order valence-corrected chi connectivity index (χ4v) is 3.21. The molecule has 1 aromatic heterocycles. The van der Waals surface area contributed by atoms with Crippen molar-refractivity contribution in [3.8, 4) is 11.5 Å². The van der Waals surface area contributed by atoms with Crippen LogP contribution in [0, 0.1) is 0 Å². The van der Waals surface area contributed by atoms with Gasteiger partial charge in [0.05, 0.1) is 42.8 Å². The molecular formula is C16H16O5S. The minimum atomic E-state index is -0.362. The third kappa shape index (κ3) is 2.85. The van der Waals surface area contributed by atoms with Gasteiger partial charge in [0, 0.05) is 0 Å². The standard InChI is InChI=1S/C16H16O5S/c1-18-10-3-4-12(19-2)11(9-10)15(17)13-5-6-14(22-13)16-20-7-8-21-16/h3-6,9,16H,7-8H2,1-2H3. The second kappa shape index (κ2) is 6.48. The Kier molecular flexibility index (Phi) is 4.42. The van der Waals surface area contributed by atoms with Crippen molar-refractivity contribution in [1.29, 1.82) is 0 Å². The van der Waals surface area contributed by atoms with Gasteiger partial charge < -0.3 is 18.9 Å². The van der Waals surface area contributed by atoms with Crippen molar-refractivity contribution in [1.82, 2.24) is 0 Å². The maximum Gasteiger partial charge on any atom is 0.206 e. The molecule has 1 aliphatic heterocycles. The van der Waals surface area contributed by atoms with Crippen LogP contribution in [0.1, 0.15) is 26.4 Å². The van der Waals surface area contributed by atoms with Crippen molar-refractivity contribution in [2.24, 2.45) is 0 Å². The topological polar surface area (TPSA) is 54.0 Å². The largest absolute Gasteiger partial charge is 0.497 e. The van der Waals surface area contributed by atoms with Crippen LogP contribution in [0.5, 0.6) is 11.5 Å². The van der Waals surface area contributed by atoms with Crippen LogP contribution in [0.3, 0.4) is 0 Å². The van der Waals surface area contributed by atoms with Crippen LogP contribution in [-0.4, -0.2) is 33.2 Å². The molecule has 0 spiro atoms. The first-order valence-electron chi connectivity index (χ1n) is 6.82. The van der Waals surface area contributed by atoms with Crippen LogP contribution in [-0.2, 0) is 9.47 Å². The summed E-state index contributed by atoms with van der Waals surface area (Å²) in [6.07, 6.45) is -0.362. The van der Waals surface area contributed by atoms with E-state index in [0.29, 0.717) is 35.2 Å². The number of carbonyl (C=O) groups is 1.